The summed E-state index contributed by atoms with van der Waals surface area (Å²) in [4.78, 5) is 2.41. The lowest BCUT2D eigenvalue weighted by Crippen LogP contribution is -2.53. The quantitative estimate of drug-likeness (QED) is 0.853. The van der Waals surface area contributed by atoms with Gasteiger partial charge in [-0.25, -0.2) is 0 Å². The van der Waals surface area contributed by atoms with E-state index >= 15 is 0 Å². The third kappa shape index (κ3) is 2.45. The SMILES string of the molecule is C[C@H](N)c1ccccc1N1CCOCC1(C)C. The van der Waals surface area contributed by atoms with Crippen LogP contribution in [0.3, 0.4) is 0 Å². The van der Waals surface area contributed by atoms with Crippen molar-refractivity contribution in [2.75, 3.05) is 24.7 Å². The summed E-state index contributed by atoms with van der Waals surface area (Å²) in [5, 5.41) is 0. The van der Waals surface area contributed by atoms with Crippen LogP contribution in [0.5, 0.6) is 0 Å². The van der Waals surface area contributed by atoms with Gasteiger partial charge in [0.05, 0.1) is 18.8 Å². The zero-order chi connectivity index (χ0) is 12.5. The first-order valence-corrected chi connectivity index (χ1v) is 6.22. The lowest BCUT2D eigenvalue weighted by atomic mass is 9.98. The van der Waals surface area contributed by atoms with Crippen LogP contribution in [0.4, 0.5) is 5.69 Å². The van der Waals surface area contributed by atoms with Crippen LogP contribution in [0.15, 0.2) is 24.3 Å². The molecule has 0 aliphatic carbocycles. The number of hydrogen-bond acceptors (Lipinski definition) is 3. The first-order valence-electron chi connectivity index (χ1n) is 6.22. The minimum absolute atomic E-state index is 0.0310. The molecule has 3 nitrogen and oxygen atoms in total. The van der Waals surface area contributed by atoms with Crippen molar-refractivity contribution >= 4 is 5.69 Å². The number of anilines is 1. The first-order chi connectivity index (χ1) is 8.02. The van der Waals surface area contributed by atoms with Gasteiger partial charge in [0, 0.05) is 18.3 Å². The molecule has 0 spiro atoms. The summed E-state index contributed by atoms with van der Waals surface area (Å²) >= 11 is 0. The van der Waals surface area contributed by atoms with Crippen LogP contribution in [0.1, 0.15) is 32.4 Å². The number of nitrogens with two attached hydrogens (primary N) is 1. The maximum atomic E-state index is 6.05. The zero-order valence-corrected chi connectivity index (χ0v) is 10.9. The molecule has 1 heterocycles. The Labute approximate surface area is 104 Å². The number of nitrogens with zero attached hydrogens (tertiary/aromatic N) is 1. The van der Waals surface area contributed by atoms with E-state index in [1.54, 1.807) is 0 Å². The molecule has 0 aromatic heterocycles. The van der Waals surface area contributed by atoms with Gasteiger partial charge in [0.2, 0.25) is 0 Å². The highest BCUT2D eigenvalue weighted by Gasteiger charge is 2.31. The molecule has 1 fully saturated rings. The van der Waals surface area contributed by atoms with Crippen LogP contribution in [0, 0.1) is 0 Å². The van der Waals surface area contributed by atoms with Crippen molar-refractivity contribution in [1.29, 1.82) is 0 Å². The molecule has 94 valence electrons. The molecule has 2 N–H and O–H groups in total. The maximum Gasteiger partial charge on any atom is 0.0694 e. The average molecular weight is 234 g/mol. The number of benzene rings is 1. The Morgan fingerprint density at radius 1 is 1.35 bits per heavy atom. The van der Waals surface area contributed by atoms with Crippen LogP contribution in [0.25, 0.3) is 0 Å². The van der Waals surface area contributed by atoms with Crippen molar-refractivity contribution in [3.8, 4) is 0 Å². The molecule has 0 amide bonds. The van der Waals surface area contributed by atoms with E-state index in [4.69, 9.17) is 10.5 Å². The molecule has 2 rings (SSSR count). The molecule has 1 saturated heterocycles. The van der Waals surface area contributed by atoms with Gasteiger partial charge in [-0.3, -0.25) is 0 Å². The van der Waals surface area contributed by atoms with Gasteiger partial charge in [-0.15, -0.1) is 0 Å². The van der Waals surface area contributed by atoms with E-state index in [1.165, 1.54) is 11.3 Å². The average Bonchev–Trinajstić information content (AvgIpc) is 2.28. The molecule has 3 heteroatoms. The molecule has 0 radical (unpaired) electrons. The largest absolute Gasteiger partial charge is 0.377 e. The Bertz CT molecular complexity index is 388. The van der Waals surface area contributed by atoms with Gasteiger partial charge in [-0.1, -0.05) is 18.2 Å². The minimum Gasteiger partial charge on any atom is -0.377 e. The monoisotopic (exact) mass is 234 g/mol. The molecule has 1 aliphatic rings. The van der Waals surface area contributed by atoms with Gasteiger partial charge in [0.25, 0.3) is 0 Å². The van der Waals surface area contributed by atoms with Gasteiger partial charge >= 0.3 is 0 Å². The Kier molecular flexibility index (Phi) is 3.40. The number of hydrogen-bond donors (Lipinski definition) is 1. The molecule has 0 saturated carbocycles. The Hall–Kier alpha value is -1.06. The predicted molar refractivity (Wildman–Crippen MR) is 71.3 cm³/mol. The van der Waals surface area contributed by atoms with Gasteiger partial charge < -0.3 is 15.4 Å². The van der Waals surface area contributed by atoms with E-state index in [-0.39, 0.29) is 11.6 Å². The smallest absolute Gasteiger partial charge is 0.0694 e. The highest BCUT2D eigenvalue weighted by atomic mass is 16.5. The number of ether oxygens (including phenoxy) is 1. The fourth-order valence-corrected chi connectivity index (χ4v) is 2.42. The van der Waals surface area contributed by atoms with E-state index in [1.807, 2.05) is 6.92 Å². The second kappa shape index (κ2) is 4.67. The summed E-state index contributed by atoms with van der Waals surface area (Å²) in [5.74, 6) is 0. The summed E-state index contributed by atoms with van der Waals surface area (Å²) in [6.07, 6.45) is 0. The van der Waals surface area contributed by atoms with Crippen molar-refractivity contribution in [3.63, 3.8) is 0 Å². The molecule has 1 aromatic rings. The topological polar surface area (TPSA) is 38.5 Å². The second-order valence-corrected chi connectivity index (χ2v) is 5.36. The van der Waals surface area contributed by atoms with Crippen molar-refractivity contribution < 1.29 is 4.74 Å². The van der Waals surface area contributed by atoms with Gasteiger partial charge in [-0.2, -0.15) is 0 Å². The van der Waals surface area contributed by atoms with E-state index in [9.17, 15) is 0 Å². The van der Waals surface area contributed by atoms with Crippen LogP contribution < -0.4 is 10.6 Å². The Balaban J connectivity index is 2.38. The molecule has 1 atom stereocenters. The molecular weight excluding hydrogens is 212 g/mol. The highest BCUT2D eigenvalue weighted by Crippen LogP contribution is 2.32. The van der Waals surface area contributed by atoms with Crippen molar-refractivity contribution in [3.05, 3.63) is 29.8 Å². The molecular formula is C14H22N2O. The normalized spacial score (nSPS) is 21.3. The van der Waals surface area contributed by atoms with Crippen LogP contribution in [-0.2, 0) is 4.74 Å². The molecule has 0 bridgehead atoms. The lowest BCUT2D eigenvalue weighted by molar-refractivity contribution is 0.0643. The Morgan fingerprint density at radius 2 is 2.06 bits per heavy atom. The fourth-order valence-electron chi connectivity index (χ4n) is 2.42. The molecule has 1 aromatic carbocycles. The van der Waals surface area contributed by atoms with E-state index < -0.39 is 0 Å². The van der Waals surface area contributed by atoms with E-state index in [2.05, 4.69) is 43.0 Å². The summed E-state index contributed by atoms with van der Waals surface area (Å²) in [5.41, 5.74) is 8.54. The fraction of sp³-hybridized carbons (Fsp3) is 0.571. The standard InChI is InChI=1S/C14H22N2O/c1-11(15)12-6-4-5-7-13(12)16-8-9-17-10-14(16,2)3/h4-7,11H,8-10,15H2,1-3H3/t11-/m0/s1. The third-order valence-electron chi connectivity index (χ3n) is 3.36. The maximum absolute atomic E-state index is 6.05. The lowest BCUT2D eigenvalue weighted by Gasteiger charge is -2.44. The second-order valence-electron chi connectivity index (χ2n) is 5.36. The summed E-state index contributed by atoms with van der Waals surface area (Å²) in [6.45, 7) is 8.94. The van der Waals surface area contributed by atoms with Gasteiger partial charge in [0.15, 0.2) is 0 Å². The van der Waals surface area contributed by atoms with Gasteiger partial charge in [-0.05, 0) is 32.4 Å². The third-order valence-corrected chi connectivity index (χ3v) is 3.36. The molecule has 17 heavy (non-hydrogen) atoms. The van der Waals surface area contributed by atoms with E-state index in [0.29, 0.717) is 0 Å². The summed E-state index contributed by atoms with van der Waals surface area (Å²) < 4.78 is 5.56. The molecule has 1 aliphatic heterocycles. The highest BCUT2D eigenvalue weighted by molar-refractivity contribution is 5.57. The van der Waals surface area contributed by atoms with Gasteiger partial charge in [0.1, 0.15) is 0 Å². The molecule has 0 unspecified atom stereocenters. The van der Waals surface area contributed by atoms with Crippen molar-refractivity contribution in [1.82, 2.24) is 0 Å². The number of morpholine rings is 1. The van der Waals surface area contributed by atoms with E-state index in [0.717, 1.165) is 19.8 Å². The van der Waals surface area contributed by atoms with Crippen LogP contribution in [0.2, 0.25) is 0 Å². The first kappa shape index (κ1) is 12.4. The minimum atomic E-state index is 0.0310. The summed E-state index contributed by atoms with van der Waals surface area (Å²) in [7, 11) is 0. The van der Waals surface area contributed by atoms with Crippen molar-refractivity contribution in [2.24, 2.45) is 5.73 Å². The zero-order valence-electron chi connectivity index (χ0n) is 10.9. The predicted octanol–water partition coefficient (Wildman–Crippen LogP) is 2.32. The van der Waals surface area contributed by atoms with Crippen LogP contribution >= 0.6 is 0 Å². The van der Waals surface area contributed by atoms with Crippen LogP contribution in [-0.4, -0.2) is 25.3 Å². The summed E-state index contributed by atoms with van der Waals surface area (Å²) in [6, 6.07) is 8.46. The van der Waals surface area contributed by atoms with Crippen molar-refractivity contribution in [2.45, 2.75) is 32.4 Å². The number of rotatable bonds is 2. The number of para-hydroxylation sites is 1. The Morgan fingerprint density at radius 3 is 2.71 bits per heavy atom.